The van der Waals surface area contributed by atoms with E-state index in [0.29, 0.717) is 5.92 Å². The Morgan fingerprint density at radius 2 is 1.36 bits per heavy atom. The molecular formula is C24H29ClF6N3OsP. The second-order valence-corrected chi connectivity index (χ2v) is 9.86. The van der Waals surface area contributed by atoms with Gasteiger partial charge in [0.2, 0.25) is 0 Å². The summed E-state index contributed by atoms with van der Waals surface area (Å²) in [6, 6.07) is 13.9. The normalized spacial score (nSPS) is 16.2. The number of pyridine rings is 1. The van der Waals surface area contributed by atoms with Crippen LogP contribution in [0, 0.1) is 43.4 Å². The molecule has 12 heteroatoms. The zero-order valence-corrected chi connectivity index (χ0v) is 24.6. The van der Waals surface area contributed by atoms with Crippen LogP contribution in [0.25, 0.3) is 0 Å². The van der Waals surface area contributed by atoms with Crippen molar-refractivity contribution in [3.63, 3.8) is 0 Å². The molecule has 0 N–H and O–H groups in total. The SMILES string of the molecule is CN(C)c1ccc(N=Cc2ccccn2)cc1.C[C]1[CH][CH][C](C(C)C)[CH][CH]1.F[P-](F)(F)(F)(F)F.[Cl-].[Os+2]. The molecule has 6 radical (unpaired) electrons. The first kappa shape index (κ1) is 36.9. The fourth-order valence-corrected chi connectivity index (χ4v) is 2.38. The molecule has 1 aliphatic rings. The van der Waals surface area contributed by atoms with Gasteiger partial charge in [-0.25, -0.2) is 0 Å². The summed E-state index contributed by atoms with van der Waals surface area (Å²) < 4.78 is 59.2. The van der Waals surface area contributed by atoms with Gasteiger partial charge in [0.15, 0.2) is 0 Å². The van der Waals surface area contributed by atoms with Crippen LogP contribution in [-0.4, -0.2) is 25.3 Å². The van der Waals surface area contributed by atoms with E-state index in [4.69, 9.17) is 0 Å². The summed E-state index contributed by atoms with van der Waals surface area (Å²) in [6.45, 7) is 6.54. The van der Waals surface area contributed by atoms with Crippen LogP contribution in [0.3, 0.4) is 0 Å². The average Bonchev–Trinajstić information content (AvgIpc) is 2.72. The Morgan fingerprint density at radius 3 is 1.75 bits per heavy atom. The van der Waals surface area contributed by atoms with E-state index in [0.717, 1.165) is 11.4 Å². The number of anilines is 1. The van der Waals surface area contributed by atoms with E-state index in [9.17, 15) is 25.2 Å². The summed E-state index contributed by atoms with van der Waals surface area (Å²) in [5.41, 5.74) is 2.97. The molecule has 202 valence electrons. The second-order valence-electron chi connectivity index (χ2n) is 7.95. The van der Waals surface area contributed by atoms with Gasteiger partial charge in [0.1, 0.15) is 0 Å². The molecule has 2 aromatic rings. The van der Waals surface area contributed by atoms with Gasteiger partial charge in [-0.1, -0.05) is 26.8 Å². The number of aliphatic imine (C=N–C) groups is 1. The van der Waals surface area contributed by atoms with Crippen molar-refractivity contribution in [1.29, 1.82) is 0 Å². The van der Waals surface area contributed by atoms with Crippen molar-refractivity contribution >= 4 is 25.4 Å². The number of nitrogens with zero attached hydrogens (tertiary/aromatic N) is 3. The zero-order valence-electron chi connectivity index (χ0n) is 20.4. The second kappa shape index (κ2) is 14.6. The van der Waals surface area contributed by atoms with E-state index in [1.54, 1.807) is 12.4 Å². The van der Waals surface area contributed by atoms with Crippen LogP contribution in [0.4, 0.5) is 36.6 Å². The third-order valence-corrected chi connectivity index (χ3v) is 4.14. The maximum absolute atomic E-state index is 10.7. The molecule has 0 saturated heterocycles. The van der Waals surface area contributed by atoms with Crippen molar-refractivity contribution < 1.29 is 57.4 Å². The van der Waals surface area contributed by atoms with Crippen LogP contribution in [0.2, 0.25) is 0 Å². The van der Waals surface area contributed by atoms with Gasteiger partial charge in [0.05, 0.1) is 17.6 Å². The Labute approximate surface area is 229 Å². The molecule has 0 spiro atoms. The molecule has 3 nitrogen and oxygen atoms in total. The Kier molecular flexibility index (Phi) is 15.0. The van der Waals surface area contributed by atoms with Gasteiger partial charge in [-0.15, -0.1) is 0 Å². The number of rotatable bonds is 4. The molecule has 1 fully saturated rings. The maximum atomic E-state index is 9.87. The van der Waals surface area contributed by atoms with Gasteiger partial charge >= 0.3 is 52.8 Å². The Morgan fingerprint density at radius 1 is 0.861 bits per heavy atom. The predicted octanol–water partition coefficient (Wildman–Crippen LogP) is 5.92. The summed E-state index contributed by atoms with van der Waals surface area (Å²) >= 11 is 0. The van der Waals surface area contributed by atoms with E-state index >= 15 is 0 Å². The summed E-state index contributed by atoms with van der Waals surface area (Å²) in [5.74, 6) is 3.41. The van der Waals surface area contributed by atoms with Gasteiger partial charge in [-0.2, -0.15) is 0 Å². The largest absolute Gasteiger partial charge is 2.00 e. The minimum atomic E-state index is -10.7. The topological polar surface area (TPSA) is 28.5 Å². The molecule has 1 aromatic carbocycles. The van der Waals surface area contributed by atoms with Crippen LogP contribution < -0.4 is 17.3 Å². The summed E-state index contributed by atoms with van der Waals surface area (Å²) in [7, 11) is -6.62. The molecule has 0 bridgehead atoms. The number of benzene rings is 1. The van der Waals surface area contributed by atoms with E-state index < -0.39 is 7.81 Å². The quantitative estimate of drug-likeness (QED) is 0.222. The number of aromatic nitrogens is 1. The van der Waals surface area contributed by atoms with Gasteiger partial charge in [-0.3, -0.25) is 9.98 Å². The number of halogens is 7. The van der Waals surface area contributed by atoms with Crippen LogP contribution in [-0.2, 0) is 19.8 Å². The van der Waals surface area contributed by atoms with E-state index in [2.05, 4.69) is 61.3 Å². The predicted molar refractivity (Wildman–Crippen MR) is 130 cm³/mol. The molecular weight excluding hydrogens is 701 g/mol. The molecule has 0 unspecified atom stereocenters. The van der Waals surface area contributed by atoms with Crippen molar-refractivity contribution in [3.8, 4) is 0 Å². The van der Waals surface area contributed by atoms with Gasteiger partial charge in [0, 0.05) is 26.0 Å². The summed E-state index contributed by atoms with van der Waals surface area (Å²) in [6.07, 6.45) is 12.2. The van der Waals surface area contributed by atoms with Crippen LogP contribution >= 0.6 is 7.81 Å². The third kappa shape index (κ3) is 20.9. The molecule has 0 atom stereocenters. The van der Waals surface area contributed by atoms with Gasteiger partial charge in [-0.05, 0) is 79.8 Å². The molecule has 1 aliphatic carbocycles. The van der Waals surface area contributed by atoms with E-state index in [1.165, 1.54) is 17.5 Å². The van der Waals surface area contributed by atoms with Gasteiger partial charge in [0.25, 0.3) is 0 Å². The minimum absolute atomic E-state index is 0. The standard InChI is InChI=1S/C14H15N3.C10H14.ClH.F6P.Os/c1-17(2)14-8-6-12(7-9-14)16-11-13-5-3-4-10-15-13;1-8(2)10-6-4-9(3)5-7-10;;1-7(2,3,4,5)6;/h3-11H,1-2H3;4-8H,1-3H3;1H;;/q;;;-1;+2/p-1. The van der Waals surface area contributed by atoms with Crippen molar-refractivity contribution in [2.75, 3.05) is 19.0 Å². The molecule has 36 heavy (non-hydrogen) atoms. The molecule has 1 heterocycles. The Bertz CT molecular complexity index is 877. The third-order valence-electron chi connectivity index (χ3n) is 4.14. The van der Waals surface area contributed by atoms with Crippen LogP contribution in [0.5, 0.6) is 0 Å². The molecule has 3 rings (SSSR count). The van der Waals surface area contributed by atoms with E-state index in [1.807, 2.05) is 56.6 Å². The molecule has 1 saturated carbocycles. The summed E-state index contributed by atoms with van der Waals surface area (Å²) in [4.78, 5) is 10.6. The fraction of sp³-hybridized carbons (Fsp3) is 0.250. The first-order chi connectivity index (χ1) is 15.4. The number of hydrogen-bond acceptors (Lipinski definition) is 3. The monoisotopic (exact) mass is 731 g/mol. The van der Waals surface area contributed by atoms with Crippen LogP contribution in [0.1, 0.15) is 26.5 Å². The van der Waals surface area contributed by atoms with Gasteiger partial charge < -0.3 is 17.3 Å². The smallest absolute Gasteiger partial charge is 1.00 e. The van der Waals surface area contributed by atoms with Crippen molar-refractivity contribution in [1.82, 2.24) is 4.98 Å². The van der Waals surface area contributed by atoms with Crippen LogP contribution in [0.15, 0.2) is 53.7 Å². The zero-order chi connectivity index (χ0) is 26.1. The first-order valence-electron chi connectivity index (χ1n) is 10.3. The number of hydrogen-bond donors (Lipinski definition) is 0. The fourth-order valence-electron chi connectivity index (χ4n) is 2.38. The van der Waals surface area contributed by atoms with E-state index in [-0.39, 0.29) is 32.2 Å². The maximum Gasteiger partial charge on any atom is 2.00 e. The summed E-state index contributed by atoms with van der Waals surface area (Å²) in [5, 5.41) is 0. The molecule has 0 amide bonds. The molecule has 1 aromatic heterocycles. The Balaban J connectivity index is 0. The van der Waals surface area contributed by atoms with Crippen molar-refractivity contribution in [3.05, 3.63) is 91.9 Å². The van der Waals surface area contributed by atoms with Crippen molar-refractivity contribution in [2.24, 2.45) is 10.9 Å². The average molecular weight is 730 g/mol. The molecule has 0 aliphatic heterocycles. The minimum Gasteiger partial charge on any atom is -1.00 e. The van der Waals surface area contributed by atoms with Crippen molar-refractivity contribution in [2.45, 2.75) is 20.8 Å². The Hall–Kier alpha value is -1.22. The first-order valence-corrected chi connectivity index (χ1v) is 12.3.